The van der Waals surface area contributed by atoms with Crippen LogP contribution in [0.1, 0.15) is 11.3 Å². The second-order valence-corrected chi connectivity index (χ2v) is 3.92. The molecule has 2 N–H and O–H groups in total. The Morgan fingerprint density at radius 3 is 2.71 bits per heavy atom. The predicted molar refractivity (Wildman–Crippen MR) is 61.4 cm³/mol. The summed E-state index contributed by atoms with van der Waals surface area (Å²) >= 11 is 0. The van der Waals surface area contributed by atoms with Gasteiger partial charge in [0.25, 0.3) is 0 Å². The van der Waals surface area contributed by atoms with E-state index < -0.39 is 0 Å². The summed E-state index contributed by atoms with van der Waals surface area (Å²) in [6, 6.07) is -0.347. The topological polar surface area (TPSA) is 79.3 Å². The average Bonchev–Trinajstić information content (AvgIpc) is 2.73. The normalized spacial score (nSPS) is 15.4. The third kappa shape index (κ3) is 1.83. The molecule has 0 radical (unpaired) electrons. The van der Waals surface area contributed by atoms with Gasteiger partial charge in [0.15, 0.2) is 0 Å². The molecule has 0 spiro atoms. The molecule has 1 aromatic rings. The van der Waals surface area contributed by atoms with Crippen molar-refractivity contribution in [3.63, 3.8) is 0 Å². The van der Waals surface area contributed by atoms with Gasteiger partial charge in [-0.05, 0) is 6.92 Å². The van der Waals surface area contributed by atoms with Crippen LogP contribution in [0.4, 0.5) is 10.6 Å². The molecule has 2 rings (SSSR count). The number of carbonyl (C=O) groups is 2. The SMILES string of the molecule is CNc1c(CN2C(=O)CNC2=O)c(C)nn1C. The Hall–Kier alpha value is -2.05. The molecular weight excluding hydrogens is 222 g/mol. The van der Waals surface area contributed by atoms with Crippen molar-refractivity contribution in [2.45, 2.75) is 13.5 Å². The van der Waals surface area contributed by atoms with Crippen molar-refractivity contribution in [1.29, 1.82) is 0 Å². The van der Waals surface area contributed by atoms with E-state index >= 15 is 0 Å². The van der Waals surface area contributed by atoms with Crippen LogP contribution in [0.2, 0.25) is 0 Å². The highest BCUT2D eigenvalue weighted by molar-refractivity contribution is 6.01. The predicted octanol–water partition coefficient (Wildman–Crippen LogP) is -0.178. The van der Waals surface area contributed by atoms with Crippen LogP contribution in [0.15, 0.2) is 0 Å². The maximum absolute atomic E-state index is 11.5. The molecule has 0 bridgehead atoms. The van der Waals surface area contributed by atoms with Gasteiger partial charge in [0, 0.05) is 19.7 Å². The summed E-state index contributed by atoms with van der Waals surface area (Å²) in [5.41, 5.74) is 1.67. The number of aryl methyl sites for hydroxylation is 2. The number of nitrogens with one attached hydrogen (secondary N) is 2. The molecule has 1 fully saturated rings. The first-order chi connectivity index (χ1) is 8.04. The summed E-state index contributed by atoms with van der Waals surface area (Å²) in [5, 5.41) is 9.77. The largest absolute Gasteiger partial charge is 0.373 e. The minimum Gasteiger partial charge on any atom is -0.373 e. The summed E-state index contributed by atoms with van der Waals surface area (Å²) in [7, 11) is 3.60. The molecule has 7 heteroatoms. The minimum absolute atomic E-state index is 0.0764. The zero-order chi connectivity index (χ0) is 12.6. The van der Waals surface area contributed by atoms with Crippen LogP contribution >= 0.6 is 0 Å². The highest BCUT2D eigenvalue weighted by Crippen LogP contribution is 2.21. The van der Waals surface area contributed by atoms with Crippen molar-refractivity contribution in [2.75, 3.05) is 18.9 Å². The summed E-state index contributed by atoms with van der Waals surface area (Å²) in [6.07, 6.45) is 0. The quantitative estimate of drug-likeness (QED) is 0.715. The molecule has 1 aliphatic rings. The molecule has 7 nitrogen and oxygen atoms in total. The molecule has 1 aliphatic heterocycles. The maximum atomic E-state index is 11.5. The lowest BCUT2D eigenvalue weighted by Gasteiger charge is -2.13. The molecule has 0 unspecified atom stereocenters. The van der Waals surface area contributed by atoms with E-state index in [2.05, 4.69) is 15.7 Å². The molecule has 1 saturated heterocycles. The lowest BCUT2D eigenvalue weighted by molar-refractivity contribution is -0.125. The zero-order valence-corrected chi connectivity index (χ0v) is 10.1. The van der Waals surface area contributed by atoms with Crippen molar-refractivity contribution in [3.8, 4) is 0 Å². The van der Waals surface area contributed by atoms with Crippen LogP contribution in [-0.4, -0.2) is 40.2 Å². The molecule has 0 saturated carbocycles. The minimum atomic E-state index is -0.347. The van der Waals surface area contributed by atoms with Crippen LogP contribution < -0.4 is 10.6 Å². The molecule has 1 aromatic heterocycles. The molecule has 0 aliphatic carbocycles. The van der Waals surface area contributed by atoms with Gasteiger partial charge in [-0.1, -0.05) is 0 Å². The summed E-state index contributed by atoms with van der Waals surface area (Å²) in [4.78, 5) is 24.2. The molecule has 92 valence electrons. The van der Waals surface area contributed by atoms with Crippen molar-refractivity contribution in [2.24, 2.45) is 7.05 Å². The molecule has 3 amide bonds. The van der Waals surface area contributed by atoms with E-state index in [-0.39, 0.29) is 25.0 Å². The second kappa shape index (κ2) is 4.08. The number of anilines is 1. The Balaban J connectivity index is 2.29. The highest BCUT2D eigenvalue weighted by Gasteiger charge is 2.30. The van der Waals surface area contributed by atoms with Gasteiger partial charge in [-0.25, -0.2) is 4.79 Å². The summed E-state index contributed by atoms with van der Waals surface area (Å²) in [6.45, 7) is 2.18. The number of hydrogen-bond acceptors (Lipinski definition) is 4. The average molecular weight is 237 g/mol. The maximum Gasteiger partial charge on any atom is 0.324 e. The fraction of sp³-hybridized carbons (Fsp3) is 0.500. The third-order valence-electron chi connectivity index (χ3n) is 2.84. The number of urea groups is 1. The molecule has 17 heavy (non-hydrogen) atoms. The summed E-state index contributed by atoms with van der Waals surface area (Å²) < 4.78 is 1.70. The fourth-order valence-electron chi connectivity index (χ4n) is 1.98. The Kier molecular flexibility index (Phi) is 2.74. The van der Waals surface area contributed by atoms with E-state index in [4.69, 9.17) is 0 Å². The Bertz CT molecular complexity index is 463. The molecule has 0 aromatic carbocycles. The third-order valence-corrected chi connectivity index (χ3v) is 2.84. The van der Waals surface area contributed by atoms with Gasteiger partial charge in [-0.2, -0.15) is 5.10 Å². The van der Waals surface area contributed by atoms with Crippen LogP contribution in [0, 0.1) is 6.92 Å². The van der Waals surface area contributed by atoms with E-state index in [1.165, 1.54) is 4.90 Å². The number of aromatic nitrogens is 2. The molecule has 0 atom stereocenters. The van der Waals surface area contributed by atoms with Gasteiger partial charge in [0.2, 0.25) is 5.91 Å². The lowest BCUT2D eigenvalue weighted by atomic mass is 10.2. The van der Waals surface area contributed by atoms with Crippen LogP contribution in [0.25, 0.3) is 0 Å². The van der Waals surface area contributed by atoms with Crippen molar-refractivity contribution in [3.05, 3.63) is 11.3 Å². The first-order valence-electron chi connectivity index (χ1n) is 5.33. The number of nitrogens with zero attached hydrogens (tertiary/aromatic N) is 3. The van der Waals surface area contributed by atoms with Gasteiger partial charge in [-0.15, -0.1) is 0 Å². The number of hydrogen-bond donors (Lipinski definition) is 2. The van der Waals surface area contributed by atoms with Crippen molar-refractivity contribution >= 4 is 17.8 Å². The van der Waals surface area contributed by atoms with Crippen molar-refractivity contribution in [1.82, 2.24) is 20.0 Å². The second-order valence-electron chi connectivity index (χ2n) is 3.92. The van der Waals surface area contributed by atoms with Gasteiger partial charge in [-0.3, -0.25) is 14.4 Å². The van der Waals surface area contributed by atoms with Crippen molar-refractivity contribution < 1.29 is 9.59 Å². The van der Waals surface area contributed by atoms with E-state index in [9.17, 15) is 9.59 Å². The number of amides is 3. The van der Waals surface area contributed by atoms with Crippen LogP contribution in [-0.2, 0) is 18.4 Å². The smallest absolute Gasteiger partial charge is 0.324 e. The monoisotopic (exact) mass is 237 g/mol. The zero-order valence-electron chi connectivity index (χ0n) is 10.1. The van der Waals surface area contributed by atoms with E-state index in [1.807, 2.05) is 14.0 Å². The number of rotatable bonds is 3. The van der Waals surface area contributed by atoms with E-state index in [0.717, 1.165) is 17.1 Å². The Morgan fingerprint density at radius 1 is 1.47 bits per heavy atom. The Morgan fingerprint density at radius 2 is 2.18 bits per heavy atom. The van der Waals surface area contributed by atoms with Gasteiger partial charge < -0.3 is 10.6 Å². The summed E-state index contributed by atoms with van der Waals surface area (Å²) in [5.74, 6) is 0.607. The molecular formula is C10H15N5O2. The molecule has 2 heterocycles. The first kappa shape index (κ1) is 11.4. The van der Waals surface area contributed by atoms with E-state index in [0.29, 0.717) is 0 Å². The Labute approximate surface area is 98.8 Å². The van der Waals surface area contributed by atoms with Crippen LogP contribution in [0.5, 0.6) is 0 Å². The van der Waals surface area contributed by atoms with Gasteiger partial charge in [0.1, 0.15) is 5.82 Å². The van der Waals surface area contributed by atoms with E-state index in [1.54, 1.807) is 11.7 Å². The fourth-order valence-corrected chi connectivity index (χ4v) is 1.98. The number of imide groups is 1. The number of carbonyl (C=O) groups excluding carboxylic acids is 2. The van der Waals surface area contributed by atoms with Crippen LogP contribution in [0.3, 0.4) is 0 Å². The first-order valence-corrected chi connectivity index (χ1v) is 5.33. The van der Waals surface area contributed by atoms with Gasteiger partial charge >= 0.3 is 6.03 Å². The standard InChI is InChI=1S/C10H15N5O2/c1-6-7(9(11-2)14(3)13-6)5-15-8(16)4-12-10(15)17/h11H,4-5H2,1-3H3,(H,12,17). The van der Waals surface area contributed by atoms with Gasteiger partial charge in [0.05, 0.1) is 18.8 Å². The lowest BCUT2D eigenvalue weighted by Crippen LogP contribution is -2.30. The highest BCUT2D eigenvalue weighted by atomic mass is 16.2.